The zero-order valence-corrected chi connectivity index (χ0v) is 11.5. The van der Waals surface area contributed by atoms with Crippen molar-refractivity contribution in [3.63, 3.8) is 0 Å². The molecule has 1 amide bonds. The summed E-state index contributed by atoms with van der Waals surface area (Å²) in [5.74, 6) is -1.89. The number of carboxylic acids is 1. The first-order valence-electron chi connectivity index (χ1n) is 6.44. The van der Waals surface area contributed by atoms with Crippen molar-refractivity contribution in [3.8, 4) is 0 Å². The topological polar surface area (TPSA) is 66.4 Å². The molecule has 1 aliphatic rings. The maximum absolute atomic E-state index is 13.7. The summed E-state index contributed by atoms with van der Waals surface area (Å²) in [6.07, 6.45) is 0.984. The van der Waals surface area contributed by atoms with Gasteiger partial charge in [0.05, 0.1) is 0 Å². The molecule has 1 aromatic carbocycles. The Morgan fingerprint density at radius 1 is 1.45 bits per heavy atom. The highest BCUT2D eigenvalue weighted by molar-refractivity contribution is 6.31. The Labute approximate surface area is 120 Å². The summed E-state index contributed by atoms with van der Waals surface area (Å²) < 4.78 is 13.7. The number of rotatable bonds is 6. The number of carboxylic acid groups (broad SMARTS) is 1. The van der Waals surface area contributed by atoms with Gasteiger partial charge in [-0.3, -0.25) is 9.59 Å². The van der Waals surface area contributed by atoms with E-state index in [1.165, 1.54) is 12.1 Å². The van der Waals surface area contributed by atoms with Crippen molar-refractivity contribution >= 4 is 23.5 Å². The van der Waals surface area contributed by atoms with Crippen molar-refractivity contribution in [1.29, 1.82) is 0 Å². The molecule has 2 atom stereocenters. The highest BCUT2D eigenvalue weighted by Crippen LogP contribution is 2.50. The van der Waals surface area contributed by atoms with Crippen LogP contribution >= 0.6 is 11.6 Å². The molecule has 1 aliphatic carbocycles. The normalized spacial score (nSPS) is 20.5. The largest absolute Gasteiger partial charge is 0.481 e. The molecule has 0 aromatic heterocycles. The molecule has 0 saturated heterocycles. The van der Waals surface area contributed by atoms with Crippen LogP contribution in [0.1, 0.15) is 30.7 Å². The minimum absolute atomic E-state index is 0.0213. The Hall–Kier alpha value is -1.62. The average Bonchev–Trinajstić information content (AvgIpc) is 3.14. The molecule has 2 N–H and O–H groups in total. The van der Waals surface area contributed by atoms with Crippen LogP contribution in [0.4, 0.5) is 4.39 Å². The number of benzene rings is 1. The third-order valence-electron chi connectivity index (χ3n) is 3.36. The van der Waals surface area contributed by atoms with Gasteiger partial charge < -0.3 is 10.4 Å². The fourth-order valence-electron chi connectivity index (χ4n) is 2.25. The zero-order valence-electron chi connectivity index (χ0n) is 10.7. The fourth-order valence-corrected chi connectivity index (χ4v) is 2.55. The van der Waals surface area contributed by atoms with Crippen LogP contribution in [-0.4, -0.2) is 23.5 Å². The minimum Gasteiger partial charge on any atom is -0.481 e. The van der Waals surface area contributed by atoms with E-state index in [0.29, 0.717) is 30.0 Å². The van der Waals surface area contributed by atoms with Gasteiger partial charge in [0.15, 0.2) is 0 Å². The van der Waals surface area contributed by atoms with E-state index in [2.05, 4.69) is 5.32 Å². The SMILES string of the molecule is O=C(O)CCCNC(=O)[C@@H]1C[C@H]1c1c(F)cccc1Cl. The molecule has 0 spiro atoms. The van der Waals surface area contributed by atoms with Crippen LogP contribution in [0, 0.1) is 11.7 Å². The van der Waals surface area contributed by atoms with Gasteiger partial charge in [-0.15, -0.1) is 0 Å². The summed E-state index contributed by atoms with van der Waals surface area (Å²) in [7, 11) is 0. The summed E-state index contributed by atoms with van der Waals surface area (Å²) in [5, 5.41) is 11.5. The second kappa shape index (κ2) is 6.22. The van der Waals surface area contributed by atoms with Gasteiger partial charge in [0.2, 0.25) is 5.91 Å². The molecule has 1 aromatic rings. The van der Waals surface area contributed by atoms with E-state index in [9.17, 15) is 14.0 Å². The molecular weight excluding hydrogens is 285 g/mol. The van der Waals surface area contributed by atoms with Crippen LogP contribution in [0.3, 0.4) is 0 Å². The molecule has 0 unspecified atom stereocenters. The first-order chi connectivity index (χ1) is 9.50. The maximum atomic E-state index is 13.7. The summed E-state index contributed by atoms with van der Waals surface area (Å²) in [4.78, 5) is 22.2. The zero-order chi connectivity index (χ0) is 14.7. The number of carbonyl (C=O) groups excluding carboxylic acids is 1. The van der Waals surface area contributed by atoms with Gasteiger partial charge in [-0.05, 0) is 25.0 Å². The second-order valence-corrected chi connectivity index (χ2v) is 5.28. The number of aliphatic carboxylic acids is 1. The van der Waals surface area contributed by atoms with Crippen molar-refractivity contribution in [2.45, 2.75) is 25.2 Å². The number of carbonyl (C=O) groups is 2. The highest BCUT2D eigenvalue weighted by atomic mass is 35.5. The third-order valence-corrected chi connectivity index (χ3v) is 3.69. The van der Waals surface area contributed by atoms with Crippen LogP contribution in [0.2, 0.25) is 5.02 Å². The lowest BCUT2D eigenvalue weighted by Gasteiger charge is -2.06. The standard InChI is InChI=1S/C14H15ClFNO3/c15-10-3-1-4-11(16)13(10)8-7-9(8)14(20)17-6-2-5-12(18)19/h1,3-4,8-9H,2,5-7H2,(H,17,20)(H,18,19)/t8-,9-/m1/s1. The number of hydrogen-bond donors (Lipinski definition) is 2. The molecule has 1 saturated carbocycles. The van der Waals surface area contributed by atoms with E-state index in [0.717, 1.165) is 0 Å². The van der Waals surface area contributed by atoms with Crippen molar-refractivity contribution < 1.29 is 19.1 Å². The van der Waals surface area contributed by atoms with Gasteiger partial charge in [0.25, 0.3) is 0 Å². The molecule has 0 heterocycles. The number of halogens is 2. The molecule has 2 rings (SSSR count). The van der Waals surface area contributed by atoms with E-state index in [-0.39, 0.29) is 30.0 Å². The quantitative estimate of drug-likeness (QED) is 0.793. The molecule has 1 fully saturated rings. The van der Waals surface area contributed by atoms with Crippen LogP contribution in [0.5, 0.6) is 0 Å². The fraction of sp³-hybridized carbons (Fsp3) is 0.429. The van der Waals surface area contributed by atoms with E-state index >= 15 is 0 Å². The van der Waals surface area contributed by atoms with Crippen LogP contribution in [0.15, 0.2) is 18.2 Å². The predicted octanol–water partition coefficient (Wildman–Crippen LogP) is 2.56. The second-order valence-electron chi connectivity index (χ2n) is 4.87. The molecule has 108 valence electrons. The molecule has 0 bridgehead atoms. The van der Waals surface area contributed by atoms with E-state index in [4.69, 9.17) is 16.7 Å². The minimum atomic E-state index is -0.887. The van der Waals surface area contributed by atoms with Gasteiger partial charge in [0, 0.05) is 35.4 Å². The van der Waals surface area contributed by atoms with Gasteiger partial charge in [-0.25, -0.2) is 4.39 Å². The first kappa shape index (κ1) is 14.8. The predicted molar refractivity (Wildman–Crippen MR) is 72.1 cm³/mol. The lowest BCUT2D eigenvalue weighted by atomic mass is 10.1. The Morgan fingerprint density at radius 3 is 2.85 bits per heavy atom. The van der Waals surface area contributed by atoms with Crippen molar-refractivity contribution in [3.05, 3.63) is 34.6 Å². The Morgan fingerprint density at radius 2 is 2.20 bits per heavy atom. The van der Waals surface area contributed by atoms with Crippen LogP contribution in [-0.2, 0) is 9.59 Å². The molecular formula is C14H15ClFNO3. The van der Waals surface area contributed by atoms with Crippen molar-refractivity contribution in [2.24, 2.45) is 5.92 Å². The van der Waals surface area contributed by atoms with Crippen molar-refractivity contribution in [1.82, 2.24) is 5.32 Å². The van der Waals surface area contributed by atoms with Gasteiger partial charge in [0.1, 0.15) is 5.82 Å². The van der Waals surface area contributed by atoms with Gasteiger partial charge in [-0.2, -0.15) is 0 Å². The smallest absolute Gasteiger partial charge is 0.303 e. The lowest BCUT2D eigenvalue weighted by molar-refractivity contribution is -0.137. The first-order valence-corrected chi connectivity index (χ1v) is 6.82. The van der Waals surface area contributed by atoms with E-state index < -0.39 is 5.97 Å². The molecule has 4 nitrogen and oxygen atoms in total. The number of amides is 1. The summed E-state index contributed by atoms with van der Waals surface area (Å²) in [6, 6.07) is 4.48. The third kappa shape index (κ3) is 3.48. The number of nitrogens with one attached hydrogen (secondary N) is 1. The molecule has 20 heavy (non-hydrogen) atoms. The highest BCUT2D eigenvalue weighted by Gasteiger charge is 2.46. The molecule has 0 radical (unpaired) electrons. The monoisotopic (exact) mass is 299 g/mol. The average molecular weight is 300 g/mol. The molecule has 6 heteroatoms. The maximum Gasteiger partial charge on any atom is 0.303 e. The Bertz CT molecular complexity index is 515. The van der Waals surface area contributed by atoms with Gasteiger partial charge in [-0.1, -0.05) is 17.7 Å². The lowest BCUT2D eigenvalue weighted by Crippen LogP contribution is -2.26. The van der Waals surface area contributed by atoms with E-state index in [1.54, 1.807) is 6.07 Å². The van der Waals surface area contributed by atoms with Crippen LogP contribution < -0.4 is 5.32 Å². The van der Waals surface area contributed by atoms with Crippen LogP contribution in [0.25, 0.3) is 0 Å². The van der Waals surface area contributed by atoms with Crippen molar-refractivity contribution in [2.75, 3.05) is 6.54 Å². The Kier molecular flexibility index (Phi) is 4.60. The summed E-state index contributed by atoms with van der Waals surface area (Å²) >= 11 is 5.96. The molecule has 0 aliphatic heterocycles. The van der Waals surface area contributed by atoms with Gasteiger partial charge >= 0.3 is 5.97 Å². The summed E-state index contributed by atoms with van der Waals surface area (Å²) in [5.41, 5.74) is 0.403. The summed E-state index contributed by atoms with van der Waals surface area (Å²) in [6.45, 7) is 0.319. The Balaban J connectivity index is 1.85. The van der Waals surface area contributed by atoms with E-state index in [1.807, 2.05) is 0 Å². The number of hydrogen-bond acceptors (Lipinski definition) is 2.